The van der Waals surface area contributed by atoms with Crippen molar-refractivity contribution in [2.24, 2.45) is 20.5 Å². The minimum Gasteiger partial charge on any atom is -0.397 e. The van der Waals surface area contributed by atoms with E-state index in [1.54, 1.807) is 6.07 Å². The van der Waals surface area contributed by atoms with Crippen molar-refractivity contribution >= 4 is 17.1 Å². The number of benzene rings is 3. The predicted octanol–water partition coefficient (Wildman–Crippen LogP) is 5.84. The van der Waals surface area contributed by atoms with Crippen LogP contribution in [0.1, 0.15) is 11.7 Å². The summed E-state index contributed by atoms with van der Waals surface area (Å²) in [5.41, 5.74) is 8.78. The molecule has 0 fully saturated rings. The molecule has 0 aromatic heterocycles. The molecule has 5 nitrogen and oxygen atoms in total. The van der Waals surface area contributed by atoms with Gasteiger partial charge >= 0.3 is 0 Å². The molecule has 1 atom stereocenters. The zero-order valence-corrected chi connectivity index (χ0v) is 13.0. The molecule has 5 heteroatoms. The van der Waals surface area contributed by atoms with Gasteiger partial charge in [0.05, 0.1) is 11.4 Å². The molecule has 118 valence electrons. The fourth-order valence-electron chi connectivity index (χ4n) is 2.09. The van der Waals surface area contributed by atoms with E-state index >= 15 is 0 Å². The lowest BCUT2D eigenvalue weighted by molar-refractivity contribution is 0.689. The maximum absolute atomic E-state index is 5.90. The number of hydrogen-bond acceptors (Lipinski definition) is 5. The zero-order chi connectivity index (χ0) is 16.6. The second-order valence-corrected chi connectivity index (χ2v) is 5.11. The molecule has 3 aromatic carbocycles. The second-order valence-electron chi connectivity index (χ2n) is 5.11. The summed E-state index contributed by atoms with van der Waals surface area (Å²) < 4.78 is 0. The summed E-state index contributed by atoms with van der Waals surface area (Å²) in [6, 6.07) is 26.6. The molecule has 0 aliphatic carbocycles. The summed E-state index contributed by atoms with van der Waals surface area (Å²) in [7, 11) is 0. The number of nitrogens with two attached hydrogens (primary N) is 1. The van der Waals surface area contributed by atoms with Crippen molar-refractivity contribution < 1.29 is 0 Å². The molecule has 24 heavy (non-hydrogen) atoms. The Morgan fingerprint density at radius 3 is 1.92 bits per heavy atom. The van der Waals surface area contributed by atoms with E-state index in [1.807, 2.05) is 78.9 Å². The lowest BCUT2D eigenvalue weighted by Crippen LogP contribution is -1.90. The molecule has 0 aliphatic rings. The average Bonchev–Trinajstić information content (AvgIpc) is 2.65. The van der Waals surface area contributed by atoms with Gasteiger partial charge in [0.25, 0.3) is 0 Å². The van der Waals surface area contributed by atoms with Crippen molar-refractivity contribution in [2.75, 3.05) is 5.73 Å². The van der Waals surface area contributed by atoms with Gasteiger partial charge in [0.2, 0.25) is 6.17 Å². The first-order chi connectivity index (χ1) is 11.8. The average molecular weight is 315 g/mol. The van der Waals surface area contributed by atoms with Crippen molar-refractivity contribution in [3.05, 3.63) is 90.5 Å². The summed E-state index contributed by atoms with van der Waals surface area (Å²) in [6.07, 6.45) is -0.522. The molecule has 1 unspecified atom stereocenters. The summed E-state index contributed by atoms with van der Waals surface area (Å²) in [5.74, 6) is 0. The highest BCUT2D eigenvalue weighted by molar-refractivity contribution is 5.61. The van der Waals surface area contributed by atoms with E-state index in [4.69, 9.17) is 5.73 Å². The Morgan fingerprint density at radius 1 is 0.625 bits per heavy atom. The Balaban J connectivity index is 1.88. The lowest BCUT2D eigenvalue weighted by atomic mass is 10.2. The Hall–Kier alpha value is -3.34. The molecule has 0 spiro atoms. The Kier molecular flexibility index (Phi) is 5.04. The van der Waals surface area contributed by atoms with Gasteiger partial charge in [-0.1, -0.05) is 60.7 Å². The van der Waals surface area contributed by atoms with Gasteiger partial charge in [0.15, 0.2) is 0 Å². The largest absolute Gasteiger partial charge is 0.397 e. The minimum atomic E-state index is -0.522. The van der Waals surface area contributed by atoms with Crippen LogP contribution in [0.25, 0.3) is 0 Å². The van der Waals surface area contributed by atoms with Crippen molar-refractivity contribution in [3.63, 3.8) is 0 Å². The van der Waals surface area contributed by atoms with E-state index in [1.165, 1.54) is 0 Å². The van der Waals surface area contributed by atoms with Gasteiger partial charge < -0.3 is 5.73 Å². The molecule has 0 radical (unpaired) electrons. The predicted molar refractivity (Wildman–Crippen MR) is 95.5 cm³/mol. The maximum Gasteiger partial charge on any atom is 0.206 e. The highest BCUT2D eigenvalue weighted by Gasteiger charge is 2.08. The van der Waals surface area contributed by atoms with Gasteiger partial charge in [-0.15, -0.1) is 0 Å². The van der Waals surface area contributed by atoms with Crippen LogP contribution in [0, 0.1) is 0 Å². The van der Waals surface area contributed by atoms with E-state index < -0.39 is 6.17 Å². The van der Waals surface area contributed by atoms with Gasteiger partial charge in [0, 0.05) is 5.56 Å². The Morgan fingerprint density at radius 2 is 1.21 bits per heavy atom. The van der Waals surface area contributed by atoms with Crippen molar-refractivity contribution in [3.8, 4) is 0 Å². The number of nitrogen functional groups attached to an aromatic ring is 1. The molecule has 0 heterocycles. The van der Waals surface area contributed by atoms with Gasteiger partial charge in [-0.05, 0) is 24.3 Å². The summed E-state index contributed by atoms with van der Waals surface area (Å²) in [6.45, 7) is 0. The standard InChI is InChI=1S/C19H17N5/c20-17-13-7-8-14-18(17)22-24-19(15-9-3-1-4-10-15)23-21-16-11-5-2-6-12-16/h1-14,19H,20H2. The van der Waals surface area contributed by atoms with E-state index in [9.17, 15) is 0 Å². The number of hydrogen-bond donors (Lipinski definition) is 1. The van der Waals surface area contributed by atoms with Crippen LogP contribution in [0.5, 0.6) is 0 Å². The van der Waals surface area contributed by atoms with Crippen LogP contribution in [0.2, 0.25) is 0 Å². The molecule has 3 rings (SSSR count). The second kappa shape index (κ2) is 7.78. The first-order valence-corrected chi connectivity index (χ1v) is 7.59. The van der Waals surface area contributed by atoms with Crippen LogP contribution in [-0.2, 0) is 0 Å². The first kappa shape index (κ1) is 15.6. The van der Waals surface area contributed by atoms with Crippen LogP contribution in [0.4, 0.5) is 17.1 Å². The van der Waals surface area contributed by atoms with Gasteiger partial charge in [-0.25, -0.2) is 0 Å². The normalized spacial score (nSPS) is 12.7. The van der Waals surface area contributed by atoms with Gasteiger partial charge in [-0.3, -0.25) is 0 Å². The third kappa shape index (κ3) is 4.10. The topological polar surface area (TPSA) is 75.5 Å². The van der Waals surface area contributed by atoms with Crippen molar-refractivity contribution in [2.45, 2.75) is 6.17 Å². The van der Waals surface area contributed by atoms with Crippen LogP contribution in [0.15, 0.2) is 105 Å². The molecule has 0 saturated carbocycles. The molecule has 3 aromatic rings. The monoisotopic (exact) mass is 315 g/mol. The lowest BCUT2D eigenvalue weighted by Gasteiger charge is -2.06. The third-order valence-electron chi connectivity index (χ3n) is 3.35. The highest BCUT2D eigenvalue weighted by Crippen LogP contribution is 2.27. The minimum absolute atomic E-state index is 0.522. The number of para-hydroxylation sites is 1. The molecule has 0 amide bonds. The van der Waals surface area contributed by atoms with Crippen molar-refractivity contribution in [1.82, 2.24) is 0 Å². The fraction of sp³-hybridized carbons (Fsp3) is 0.0526. The van der Waals surface area contributed by atoms with Crippen LogP contribution in [-0.4, -0.2) is 0 Å². The Labute approximate surface area is 140 Å². The van der Waals surface area contributed by atoms with Crippen LogP contribution >= 0.6 is 0 Å². The number of azo groups is 2. The van der Waals surface area contributed by atoms with E-state index in [0.717, 1.165) is 11.3 Å². The SMILES string of the molecule is Nc1ccccc1N=NC(N=Nc1ccccc1)c1ccccc1. The fourth-order valence-corrected chi connectivity index (χ4v) is 2.09. The van der Waals surface area contributed by atoms with E-state index in [-0.39, 0.29) is 0 Å². The van der Waals surface area contributed by atoms with Crippen LogP contribution in [0.3, 0.4) is 0 Å². The molecular formula is C19H17N5. The summed E-state index contributed by atoms with van der Waals surface area (Å²) >= 11 is 0. The zero-order valence-electron chi connectivity index (χ0n) is 13.0. The summed E-state index contributed by atoms with van der Waals surface area (Å²) in [5, 5.41) is 17.2. The number of anilines is 1. The third-order valence-corrected chi connectivity index (χ3v) is 3.35. The van der Waals surface area contributed by atoms with Crippen LogP contribution < -0.4 is 5.73 Å². The number of nitrogens with zero attached hydrogens (tertiary/aromatic N) is 4. The molecule has 0 aliphatic heterocycles. The maximum atomic E-state index is 5.90. The molecule has 0 saturated heterocycles. The number of rotatable bonds is 5. The molecule has 2 N–H and O–H groups in total. The van der Waals surface area contributed by atoms with E-state index in [2.05, 4.69) is 20.5 Å². The Bertz CT molecular complexity index is 829. The van der Waals surface area contributed by atoms with Gasteiger partial charge in [0.1, 0.15) is 5.69 Å². The highest BCUT2D eigenvalue weighted by atomic mass is 15.3. The first-order valence-electron chi connectivity index (χ1n) is 7.59. The quantitative estimate of drug-likeness (QED) is 0.466. The summed E-state index contributed by atoms with van der Waals surface area (Å²) in [4.78, 5) is 0. The smallest absolute Gasteiger partial charge is 0.206 e. The van der Waals surface area contributed by atoms with Crippen molar-refractivity contribution in [1.29, 1.82) is 0 Å². The molecular weight excluding hydrogens is 298 g/mol. The van der Waals surface area contributed by atoms with Gasteiger partial charge in [-0.2, -0.15) is 20.5 Å². The van der Waals surface area contributed by atoms with E-state index in [0.29, 0.717) is 11.4 Å². The molecule has 0 bridgehead atoms.